The van der Waals surface area contributed by atoms with Gasteiger partial charge < -0.3 is 5.32 Å². The Balaban J connectivity index is 1.47. The van der Waals surface area contributed by atoms with Crippen LogP contribution in [0.4, 0.5) is 4.39 Å². The van der Waals surface area contributed by atoms with Gasteiger partial charge in [-0.15, -0.1) is 0 Å². The lowest BCUT2D eigenvalue weighted by molar-refractivity contribution is -0.122. The van der Waals surface area contributed by atoms with E-state index in [4.69, 9.17) is 0 Å². The number of rotatable bonds is 6. The maximum Gasteiger partial charge on any atom is 0.293 e. The van der Waals surface area contributed by atoms with E-state index >= 15 is 0 Å². The van der Waals surface area contributed by atoms with E-state index in [1.54, 1.807) is 23.0 Å². The van der Waals surface area contributed by atoms with Crippen LogP contribution in [0.5, 0.6) is 0 Å². The Labute approximate surface area is 177 Å². The average molecular weight is 417 g/mol. The van der Waals surface area contributed by atoms with Crippen LogP contribution in [-0.4, -0.2) is 25.5 Å². The molecule has 5 rings (SSSR count). The lowest BCUT2D eigenvalue weighted by Gasteiger charge is -2.10. The SMILES string of the molecule is O=C(Cn1nc(C2CC2)c2cnn(-c3ccccc3)c2c1=O)NCc1ccc(F)cc1. The fourth-order valence-corrected chi connectivity index (χ4v) is 3.62. The van der Waals surface area contributed by atoms with Crippen LogP contribution in [0, 0.1) is 5.82 Å². The molecule has 1 N–H and O–H groups in total. The summed E-state index contributed by atoms with van der Waals surface area (Å²) in [5.74, 6) is -0.391. The second-order valence-corrected chi connectivity index (χ2v) is 7.68. The first-order valence-electron chi connectivity index (χ1n) is 10.2. The zero-order valence-electron chi connectivity index (χ0n) is 16.7. The van der Waals surface area contributed by atoms with Crippen molar-refractivity contribution in [1.29, 1.82) is 0 Å². The van der Waals surface area contributed by atoms with Crippen LogP contribution < -0.4 is 10.9 Å². The number of nitrogens with one attached hydrogen (secondary N) is 1. The number of nitrogens with zero attached hydrogens (tertiary/aromatic N) is 4. The molecule has 1 amide bonds. The molecule has 2 aromatic heterocycles. The summed E-state index contributed by atoms with van der Waals surface area (Å²) < 4.78 is 15.9. The lowest BCUT2D eigenvalue weighted by Crippen LogP contribution is -2.34. The van der Waals surface area contributed by atoms with E-state index in [-0.39, 0.29) is 36.3 Å². The Bertz CT molecular complexity index is 1310. The van der Waals surface area contributed by atoms with E-state index in [0.717, 1.165) is 35.2 Å². The van der Waals surface area contributed by atoms with E-state index in [0.29, 0.717) is 5.52 Å². The molecule has 1 aliphatic rings. The summed E-state index contributed by atoms with van der Waals surface area (Å²) in [4.78, 5) is 25.8. The maximum absolute atomic E-state index is 13.2. The molecule has 0 spiro atoms. The number of fused-ring (bicyclic) bond motifs is 1. The number of para-hydroxylation sites is 1. The summed E-state index contributed by atoms with van der Waals surface area (Å²) in [6.45, 7) is 0.0448. The number of carbonyl (C=O) groups is 1. The number of amides is 1. The summed E-state index contributed by atoms with van der Waals surface area (Å²) in [5, 5.41) is 12.4. The highest BCUT2D eigenvalue weighted by atomic mass is 19.1. The van der Waals surface area contributed by atoms with Crippen molar-refractivity contribution in [1.82, 2.24) is 24.9 Å². The quantitative estimate of drug-likeness (QED) is 0.523. The molecule has 31 heavy (non-hydrogen) atoms. The monoisotopic (exact) mass is 417 g/mol. The van der Waals surface area contributed by atoms with Crippen molar-refractivity contribution in [2.45, 2.75) is 31.8 Å². The van der Waals surface area contributed by atoms with E-state index in [2.05, 4.69) is 15.5 Å². The van der Waals surface area contributed by atoms with Gasteiger partial charge in [0.1, 0.15) is 17.9 Å². The van der Waals surface area contributed by atoms with Crippen molar-refractivity contribution in [2.75, 3.05) is 0 Å². The van der Waals surface area contributed by atoms with Gasteiger partial charge in [-0.2, -0.15) is 10.2 Å². The summed E-state index contributed by atoms with van der Waals surface area (Å²) in [6, 6.07) is 15.3. The first-order chi connectivity index (χ1) is 15.1. The lowest BCUT2D eigenvalue weighted by atomic mass is 10.2. The molecule has 2 heterocycles. The Hall–Kier alpha value is -3.81. The third-order valence-corrected chi connectivity index (χ3v) is 5.37. The van der Waals surface area contributed by atoms with Crippen LogP contribution >= 0.6 is 0 Å². The zero-order chi connectivity index (χ0) is 21.4. The number of aromatic nitrogens is 4. The van der Waals surface area contributed by atoms with Crippen molar-refractivity contribution in [3.63, 3.8) is 0 Å². The van der Waals surface area contributed by atoms with Gasteiger partial charge in [0.25, 0.3) is 5.56 Å². The van der Waals surface area contributed by atoms with E-state index in [1.807, 2.05) is 30.3 Å². The molecule has 1 aliphatic carbocycles. The van der Waals surface area contributed by atoms with Crippen molar-refractivity contribution in [2.24, 2.45) is 0 Å². The summed E-state index contributed by atoms with van der Waals surface area (Å²) >= 11 is 0. The van der Waals surface area contributed by atoms with Gasteiger partial charge in [-0.05, 0) is 42.7 Å². The number of benzene rings is 2. The zero-order valence-corrected chi connectivity index (χ0v) is 16.7. The predicted octanol–water partition coefficient (Wildman–Crippen LogP) is 2.92. The highest BCUT2D eigenvalue weighted by molar-refractivity contribution is 5.83. The minimum absolute atomic E-state index is 0.199. The second kappa shape index (κ2) is 7.79. The van der Waals surface area contributed by atoms with Gasteiger partial charge in [0, 0.05) is 17.8 Å². The van der Waals surface area contributed by atoms with Crippen molar-refractivity contribution in [3.05, 3.63) is 88.2 Å². The number of halogens is 1. The normalized spacial score (nSPS) is 13.5. The molecule has 0 aliphatic heterocycles. The molecule has 2 aromatic carbocycles. The van der Waals surface area contributed by atoms with Gasteiger partial charge in [0.05, 0.1) is 17.6 Å². The first kappa shape index (κ1) is 19.2. The van der Waals surface area contributed by atoms with Gasteiger partial charge in [-0.3, -0.25) is 9.59 Å². The minimum Gasteiger partial charge on any atom is -0.350 e. The smallest absolute Gasteiger partial charge is 0.293 e. The van der Waals surface area contributed by atoms with E-state index < -0.39 is 0 Å². The molecule has 7 nitrogen and oxygen atoms in total. The molecule has 156 valence electrons. The Morgan fingerprint density at radius 1 is 1.10 bits per heavy atom. The van der Waals surface area contributed by atoms with Gasteiger partial charge in [-0.25, -0.2) is 13.8 Å². The number of hydrogen-bond acceptors (Lipinski definition) is 4. The average Bonchev–Trinajstić information content (AvgIpc) is 3.53. The highest BCUT2D eigenvalue weighted by Gasteiger charge is 2.30. The summed E-state index contributed by atoms with van der Waals surface area (Å²) in [6.07, 6.45) is 3.70. The van der Waals surface area contributed by atoms with Crippen molar-refractivity contribution in [3.8, 4) is 5.69 Å². The van der Waals surface area contributed by atoms with Crippen LogP contribution in [0.1, 0.15) is 30.0 Å². The number of carbonyl (C=O) groups excluding carboxylic acids is 1. The van der Waals surface area contributed by atoms with Crippen LogP contribution in [-0.2, 0) is 17.9 Å². The molecular weight excluding hydrogens is 397 g/mol. The van der Waals surface area contributed by atoms with E-state index in [1.165, 1.54) is 16.8 Å². The van der Waals surface area contributed by atoms with Gasteiger partial charge in [0.2, 0.25) is 5.91 Å². The van der Waals surface area contributed by atoms with Crippen LogP contribution in [0.15, 0.2) is 65.6 Å². The van der Waals surface area contributed by atoms with Crippen molar-refractivity contribution >= 4 is 16.8 Å². The third-order valence-electron chi connectivity index (χ3n) is 5.37. The molecular formula is C23H20FN5O2. The fraction of sp³-hybridized carbons (Fsp3) is 0.217. The fourth-order valence-electron chi connectivity index (χ4n) is 3.62. The molecule has 0 radical (unpaired) electrons. The second-order valence-electron chi connectivity index (χ2n) is 7.68. The molecule has 1 saturated carbocycles. The number of hydrogen-bond donors (Lipinski definition) is 1. The van der Waals surface area contributed by atoms with Gasteiger partial charge >= 0.3 is 0 Å². The molecule has 8 heteroatoms. The molecule has 1 fully saturated rings. The molecule has 4 aromatic rings. The predicted molar refractivity (Wildman–Crippen MR) is 113 cm³/mol. The van der Waals surface area contributed by atoms with Crippen LogP contribution in [0.3, 0.4) is 0 Å². The maximum atomic E-state index is 13.2. The Morgan fingerprint density at radius 2 is 1.84 bits per heavy atom. The molecule has 0 atom stereocenters. The standard InChI is InChI=1S/C23H20FN5O2/c24-17-10-6-15(7-11-17)12-25-20(30)14-28-23(31)22-19(21(27-28)16-8-9-16)13-26-29(22)18-4-2-1-3-5-18/h1-7,10-11,13,16H,8-9,12,14H2,(H,25,30). The first-order valence-corrected chi connectivity index (χ1v) is 10.2. The summed E-state index contributed by atoms with van der Waals surface area (Å²) in [5.41, 5.74) is 2.41. The molecule has 0 unspecified atom stereocenters. The van der Waals surface area contributed by atoms with Crippen LogP contribution in [0.2, 0.25) is 0 Å². The van der Waals surface area contributed by atoms with Gasteiger partial charge in [0.15, 0.2) is 0 Å². The molecule has 0 bridgehead atoms. The molecule has 0 saturated heterocycles. The largest absolute Gasteiger partial charge is 0.350 e. The Kier molecular flexibility index (Phi) is 4.82. The third kappa shape index (κ3) is 3.84. The van der Waals surface area contributed by atoms with Gasteiger partial charge in [-0.1, -0.05) is 30.3 Å². The topological polar surface area (TPSA) is 81.8 Å². The Morgan fingerprint density at radius 3 is 2.55 bits per heavy atom. The van der Waals surface area contributed by atoms with Crippen molar-refractivity contribution < 1.29 is 9.18 Å². The van der Waals surface area contributed by atoms with Crippen LogP contribution in [0.25, 0.3) is 16.6 Å². The van der Waals surface area contributed by atoms with E-state index in [9.17, 15) is 14.0 Å². The summed E-state index contributed by atoms with van der Waals surface area (Å²) in [7, 11) is 0. The minimum atomic E-state index is -0.363. The highest BCUT2D eigenvalue weighted by Crippen LogP contribution is 2.41.